The Balaban J connectivity index is 0.00000162. The van der Waals surface area contributed by atoms with Gasteiger partial charge in [0.05, 0.1) is 12.5 Å². The van der Waals surface area contributed by atoms with Crippen LogP contribution in [0, 0.1) is 11.8 Å². The fourth-order valence-corrected chi connectivity index (χ4v) is 2.96. The first-order chi connectivity index (χ1) is 8.31. The van der Waals surface area contributed by atoms with Crippen molar-refractivity contribution in [3.63, 3.8) is 0 Å². The van der Waals surface area contributed by atoms with E-state index in [2.05, 4.69) is 10.2 Å². The Bertz CT molecular complexity index is 255. The number of hydrogen-bond donors (Lipinski definition) is 1. The summed E-state index contributed by atoms with van der Waals surface area (Å²) in [6.45, 7) is 4.55. The molecule has 1 unspecified atom stereocenters. The second-order valence-corrected chi connectivity index (χ2v) is 5.29. The van der Waals surface area contributed by atoms with E-state index in [0.29, 0.717) is 11.8 Å². The number of ether oxygens (including phenoxy) is 1. The third-order valence-electron chi connectivity index (χ3n) is 3.88. The number of piperidine rings is 2. The van der Waals surface area contributed by atoms with Crippen LogP contribution in [0.5, 0.6) is 0 Å². The zero-order chi connectivity index (χ0) is 12.1. The summed E-state index contributed by atoms with van der Waals surface area (Å²) in [5.41, 5.74) is 0. The highest BCUT2D eigenvalue weighted by atomic mass is 35.5. The molecule has 2 saturated heterocycles. The zero-order valence-corrected chi connectivity index (χ0v) is 12.0. The molecule has 0 aromatic carbocycles. The minimum Gasteiger partial charge on any atom is -0.384 e. The highest BCUT2D eigenvalue weighted by molar-refractivity contribution is 5.85. The fraction of sp³-hybridized carbons (Fsp3) is 0.923. The van der Waals surface area contributed by atoms with E-state index in [4.69, 9.17) is 4.74 Å². The van der Waals surface area contributed by atoms with Gasteiger partial charge in [0.2, 0.25) is 5.91 Å². The van der Waals surface area contributed by atoms with E-state index in [1.54, 1.807) is 7.11 Å². The van der Waals surface area contributed by atoms with Crippen molar-refractivity contribution in [2.24, 2.45) is 11.8 Å². The largest absolute Gasteiger partial charge is 0.384 e. The monoisotopic (exact) mass is 276 g/mol. The van der Waals surface area contributed by atoms with Gasteiger partial charge in [-0.25, -0.2) is 0 Å². The molecular weight excluding hydrogens is 252 g/mol. The number of methoxy groups -OCH3 is 1. The van der Waals surface area contributed by atoms with Crippen molar-refractivity contribution >= 4 is 18.3 Å². The van der Waals surface area contributed by atoms with Crippen LogP contribution in [0.15, 0.2) is 0 Å². The number of halogens is 1. The quantitative estimate of drug-likeness (QED) is 0.845. The van der Waals surface area contributed by atoms with Gasteiger partial charge >= 0.3 is 0 Å². The van der Waals surface area contributed by atoms with E-state index in [9.17, 15) is 4.79 Å². The molecule has 106 valence electrons. The summed E-state index contributed by atoms with van der Waals surface area (Å²) in [7, 11) is 1.74. The SMILES string of the molecule is COCC1CCCN(C(=O)[C@@H]2CCCNC2)C1.Cl. The average molecular weight is 277 g/mol. The van der Waals surface area contributed by atoms with Crippen molar-refractivity contribution in [2.45, 2.75) is 25.7 Å². The molecule has 0 spiro atoms. The number of nitrogens with one attached hydrogen (secondary N) is 1. The molecule has 0 aromatic rings. The molecule has 0 saturated carbocycles. The van der Waals surface area contributed by atoms with Gasteiger partial charge in [-0.2, -0.15) is 0 Å². The molecule has 0 bridgehead atoms. The van der Waals surface area contributed by atoms with Crippen LogP contribution in [0.3, 0.4) is 0 Å². The third kappa shape index (κ3) is 4.11. The molecule has 4 nitrogen and oxygen atoms in total. The molecule has 2 rings (SSSR count). The molecule has 0 aliphatic carbocycles. The van der Waals surface area contributed by atoms with Crippen molar-refractivity contribution in [1.82, 2.24) is 10.2 Å². The number of nitrogens with zero attached hydrogens (tertiary/aromatic N) is 1. The lowest BCUT2D eigenvalue weighted by molar-refractivity contribution is -0.138. The number of carbonyl (C=O) groups is 1. The number of likely N-dealkylation sites (tertiary alicyclic amines) is 1. The van der Waals surface area contributed by atoms with Crippen LogP contribution < -0.4 is 5.32 Å². The molecule has 1 N–H and O–H groups in total. The van der Waals surface area contributed by atoms with E-state index in [-0.39, 0.29) is 18.3 Å². The molecular formula is C13H25ClN2O2. The maximum Gasteiger partial charge on any atom is 0.226 e. The van der Waals surface area contributed by atoms with Crippen molar-refractivity contribution in [3.8, 4) is 0 Å². The fourth-order valence-electron chi connectivity index (χ4n) is 2.96. The summed E-state index contributed by atoms with van der Waals surface area (Å²) in [5.74, 6) is 1.11. The average Bonchev–Trinajstić information content (AvgIpc) is 2.40. The predicted octanol–water partition coefficient (Wildman–Crippen LogP) is 1.29. The second kappa shape index (κ2) is 7.97. The summed E-state index contributed by atoms with van der Waals surface area (Å²) < 4.78 is 5.20. The van der Waals surface area contributed by atoms with Crippen molar-refractivity contribution in [3.05, 3.63) is 0 Å². The van der Waals surface area contributed by atoms with Crippen LogP contribution in [-0.4, -0.2) is 50.7 Å². The molecule has 18 heavy (non-hydrogen) atoms. The van der Waals surface area contributed by atoms with Crippen LogP contribution in [-0.2, 0) is 9.53 Å². The number of amides is 1. The Labute approximate surface area is 116 Å². The maximum absolute atomic E-state index is 12.3. The lowest BCUT2D eigenvalue weighted by Gasteiger charge is -2.35. The highest BCUT2D eigenvalue weighted by Crippen LogP contribution is 2.20. The van der Waals surface area contributed by atoms with Gasteiger partial charge in [-0.15, -0.1) is 12.4 Å². The Morgan fingerprint density at radius 2 is 2.22 bits per heavy atom. The molecule has 1 amide bonds. The number of rotatable bonds is 3. The van der Waals surface area contributed by atoms with Gasteiger partial charge in [-0.3, -0.25) is 4.79 Å². The highest BCUT2D eigenvalue weighted by Gasteiger charge is 2.29. The smallest absolute Gasteiger partial charge is 0.226 e. The van der Waals surface area contributed by atoms with Crippen LogP contribution >= 0.6 is 12.4 Å². The second-order valence-electron chi connectivity index (χ2n) is 5.29. The standard InChI is InChI=1S/C13H24N2O2.ClH/c1-17-10-11-4-3-7-15(9-11)13(16)12-5-2-6-14-8-12;/h11-12,14H,2-10H2,1H3;1H/t11?,12-;/m1./s1. The molecule has 0 aromatic heterocycles. The number of hydrogen-bond acceptors (Lipinski definition) is 3. The van der Waals surface area contributed by atoms with E-state index < -0.39 is 0 Å². The Kier molecular flexibility index (Phi) is 6.97. The lowest BCUT2D eigenvalue weighted by atomic mass is 9.94. The maximum atomic E-state index is 12.3. The summed E-state index contributed by atoms with van der Waals surface area (Å²) in [6, 6.07) is 0. The Hall–Kier alpha value is -0.320. The third-order valence-corrected chi connectivity index (χ3v) is 3.88. The number of carbonyl (C=O) groups excluding carboxylic acids is 1. The molecule has 2 aliphatic rings. The van der Waals surface area contributed by atoms with Crippen LogP contribution in [0.4, 0.5) is 0 Å². The summed E-state index contributed by atoms with van der Waals surface area (Å²) in [6.07, 6.45) is 4.50. The Morgan fingerprint density at radius 1 is 1.39 bits per heavy atom. The van der Waals surface area contributed by atoms with Gasteiger partial charge in [0.25, 0.3) is 0 Å². The van der Waals surface area contributed by atoms with Gasteiger partial charge in [0, 0.05) is 26.7 Å². The van der Waals surface area contributed by atoms with Gasteiger partial charge in [-0.05, 0) is 38.1 Å². The normalized spacial score (nSPS) is 28.6. The van der Waals surface area contributed by atoms with Crippen LogP contribution in [0.2, 0.25) is 0 Å². The van der Waals surface area contributed by atoms with Gasteiger partial charge in [0.15, 0.2) is 0 Å². The van der Waals surface area contributed by atoms with Crippen molar-refractivity contribution in [1.29, 1.82) is 0 Å². The molecule has 0 radical (unpaired) electrons. The molecule has 2 fully saturated rings. The Morgan fingerprint density at radius 3 is 2.89 bits per heavy atom. The minimum atomic E-state index is 0. The summed E-state index contributed by atoms with van der Waals surface area (Å²) in [5, 5.41) is 3.32. The van der Waals surface area contributed by atoms with Crippen molar-refractivity contribution in [2.75, 3.05) is 39.9 Å². The predicted molar refractivity (Wildman–Crippen MR) is 74.0 cm³/mol. The van der Waals surface area contributed by atoms with E-state index >= 15 is 0 Å². The zero-order valence-electron chi connectivity index (χ0n) is 11.2. The molecule has 2 atom stereocenters. The van der Waals surface area contributed by atoms with E-state index in [0.717, 1.165) is 52.0 Å². The first kappa shape index (κ1) is 15.7. The van der Waals surface area contributed by atoms with E-state index in [1.165, 1.54) is 6.42 Å². The lowest BCUT2D eigenvalue weighted by Crippen LogP contribution is -2.47. The van der Waals surface area contributed by atoms with Crippen molar-refractivity contribution < 1.29 is 9.53 Å². The van der Waals surface area contributed by atoms with E-state index in [1.807, 2.05) is 0 Å². The summed E-state index contributed by atoms with van der Waals surface area (Å²) >= 11 is 0. The molecule has 2 heterocycles. The molecule has 5 heteroatoms. The van der Waals surface area contributed by atoms with Gasteiger partial charge in [-0.1, -0.05) is 0 Å². The van der Waals surface area contributed by atoms with Crippen LogP contribution in [0.1, 0.15) is 25.7 Å². The topological polar surface area (TPSA) is 41.6 Å². The minimum absolute atomic E-state index is 0. The first-order valence-electron chi connectivity index (χ1n) is 6.79. The first-order valence-corrected chi connectivity index (χ1v) is 6.79. The summed E-state index contributed by atoms with van der Waals surface area (Å²) in [4.78, 5) is 14.4. The van der Waals surface area contributed by atoms with Crippen LogP contribution in [0.25, 0.3) is 0 Å². The van der Waals surface area contributed by atoms with Gasteiger partial charge in [0.1, 0.15) is 0 Å². The molecule has 2 aliphatic heterocycles. The van der Waals surface area contributed by atoms with Gasteiger partial charge < -0.3 is 15.0 Å².